The van der Waals surface area contributed by atoms with Crippen molar-refractivity contribution >= 4 is 11.7 Å². The van der Waals surface area contributed by atoms with Gasteiger partial charge in [-0.3, -0.25) is 4.79 Å². The molecule has 0 aliphatic rings. The Labute approximate surface area is 102 Å². The molecule has 0 aliphatic heterocycles. The number of anilines is 1. The van der Waals surface area contributed by atoms with Gasteiger partial charge in [-0.05, 0) is 32.4 Å². The zero-order valence-electron chi connectivity index (χ0n) is 10.7. The molecule has 0 saturated carbocycles. The fraction of sp³-hybridized carbons (Fsp3) is 0.583. The lowest BCUT2D eigenvalue weighted by atomic mass is 10.2. The van der Waals surface area contributed by atoms with Crippen LogP contribution in [-0.2, 0) is 4.79 Å². The lowest BCUT2D eigenvalue weighted by molar-refractivity contribution is -0.121. The van der Waals surface area contributed by atoms with E-state index in [0.29, 0.717) is 18.8 Å². The van der Waals surface area contributed by atoms with Crippen molar-refractivity contribution in [2.45, 2.75) is 39.7 Å². The number of hydrogen-bond donors (Lipinski definition) is 2. The Morgan fingerprint density at radius 1 is 1.41 bits per heavy atom. The van der Waals surface area contributed by atoms with E-state index in [2.05, 4.69) is 20.8 Å². The summed E-state index contributed by atoms with van der Waals surface area (Å²) in [6.45, 7) is 6.50. The van der Waals surface area contributed by atoms with Gasteiger partial charge in [0.15, 0.2) is 0 Å². The molecule has 17 heavy (non-hydrogen) atoms. The molecule has 2 N–H and O–H groups in total. The van der Waals surface area contributed by atoms with Gasteiger partial charge >= 0.3 is 0 Å². The van der Waals surface area contributed by atoms with Gasteiger partial charge in [0.05, 0.1) is 5.69 Å². The normalized spacial score (nSPS) is 11.9. The van der Waals surface area contributed by atoms with Gasteiger partial charge in [-0.15, -0.1) is 5.10 Å². The standard InChI is InChI=1S/C12H20N4O/c1-4-9(2)14-12(17)7-8-13-11-6-5-10(3)15-16-11/h5-6,9H,4,7-8H2,1-3H3,(H,13,16)(H,14,17). The third-order valence-electron chi connectivity index (χ3n) is 2.48. The molecule has 94 valence electrons. The molecule has 0 saturated heterocycles. The first kappa shape index (κ1) is 13.4. The fourth-order valence-electron chi connectivity index (χ4n) is 1.25. The van der Waals surface area contributed by atoms with E-state index in [1.54, 1.807) is 0 Å². The number of amides is 1. The molecule has 0 aromatic carbocycles. The van der Waals surface area contributed by atoms with Crippen LogP contribution in [0.1, 0.15) is 32.4 Å². The van der Waals surface area contributed by atoms with Crippen molar-refractivity contribution in [3.05, 3.63) is 17.8 Å². The molecule has 0 fully saturated rings. The minimum Gasteiger partial charge on any atom is -0.368 e. The fourth-order valence-corrected chi connectivity index (χ4v) is 1.25. The van der Waals surface area contributed by atoms with Gasteiger partial charge in [-0.1, -0.05) is 6.92 Å². The van der Waals surface area contributed by atoms with Gasteiger partial charge in [-0.25, -0.2) is 0 Å². The molecule has 0 radical (unpaired) electrons. The van der Waals surface area contributed by atoms with Crippen LogP contribution in [0.25, 0.3) is 0 Å². The highest BCUT2D eigenvalue weighted by molar-refractivity contribution is 5.76. The van der Waals surface area contributed by atoms with Crippen LogP contribution in [0.5, 0.6) is 0 Å². The van der Waals surface area contributed by atoms with Crippen molar-refractivity contribution in [3.63, 3.8) is 0 Å². The van der Waals surface area contributed by atoms with Crippen molar-refractivity contribution in [2.24, 2.45) is 0 Å². The van der Waals surface area contributed by atoms with E-state index in [1.807, 2.05) is 32.9 Å². The van der Waals surface area contributed by atoms with Crippen LogP contribution in [0.15, 0.2) is 12.1 Å². The minimum absolute atomic E-state index is 0.0620. The summed E-state index contributed by atoms with van der Waals surface area (Å²) in [5.74, 6) is 0.763. The molecular formula is C12H20N4O. The average molecular weight is 236 g/mol. The molecule has 5 nitrogen and oxygen atoms in total. The van der Waals surface area contributed by atoms with Crippen LogP contribution in [0.3, 0.4) is 0 Å². The van der Waals surface area contributed by atoms with Gasteiger partial charge in [-0.2, -0.15) is 5.10 Å². The van der Waals surface area contributed by atoms with Crippen LogP contribution in [-0.4, -0.2) is 28.7 Å². The molecule has 1 unspecified atom stereocenters. The molecule has 1 amide bonds. The summed E-state index contributed by atoms with van der Waals surface area (Å²) in [4.78, 5) is 11.5. The number of nitrogens with one attached hydrogen (secondary N) is 2. The van der Waals surface area contributed by atoms with Gasteiger partial charge in [0, 0.05) is 19.0 Å². The number of aromatic nitrogens is 2. The van der Waals surface area contributed by atoms with Crippen molar-refractivity contribution < 1.29 is 4.79 Å². The highest BCUT2D eigenvalue weighted by atomic mass is 16.1. The lowest BCUT2D eigenvalue weighted by Gasteiger charge is -2.11. The Kier molecular flexibility index (Phi) is 5.39. The van der Waals surface area contributed by atoms with Crippen molar-refractivity contribution in [3.8, 4) is 0 Å². The number of rotatable bonds is 6. The zero-order chi connectivity index (χ0) is 12.7. The minimum atomic E-state index is 0.0620. The number of hydrogen-bond acceptors (Lipinski definition) is 4. The molecule has 1 aromatic heterocycles. The largest absolute Gasteiger partial charge is 0.368 e. The van der Waals surface area contributed by atoms with Crippen LogP contribution in [0.4, 0.5) is 5.82 Å². The van der Waals surface area contributed by atoms with Gasteiger partial charge in [0.1, 0.15) is 5.82 Å². The first-order chi connectivity index (χ1) is 8.11. The second-order valence-electron chi connectivity index (χ2n) is 4.11. The highest BCUT2D eigenvalue weighted by Gasteiger charge is 2.04. The summed E-state index contributed by atoms with van der Waals surface area (Å²) in [6, 6.07) is 3.98. The summed E-state index contributed by atoms with van der Waals surface area (Å²) in [7, 11) is 0. The molecule has 1 heterocycles. The molecular weight excluding hydrogens is 216 g/mol. The topological polar surface area (TPSA) is 66.9 Å². The van der Waals surface area contributed by atoms with Crippen molar-refractivity contribution in [1.82, 2.24) is 15.5 Å². The van der Waals surface area contributed by atoms with Crippen molar-refractivity contribution in [1.29, 1.82) is 0 Å². The second-order valence-corrected chi connectivity index (χ2v) is 4.11. The van der Waals surface area contributed by atoms with E-state index in [0.717, 1.165) is 12.1 Å². The third kappa shape index (κ3) is 5.29. The average Bonchev–Trinajstić information content (AvgIpc) is 2.31. The number of carbonyl (C=O) groups excluding carboxylic acids is 1. The molecule has 1 rings (SSSR count). The molecule has 1 atom stereocenters. The summed E-state index contributed by atoms with van der Waals surface area (Å²) < 4.78 is 0. The SMILES string of the molecule is CCC(C)NC(=O)CCNc1ccc(C)nn1. The Balaban J connectivity index is 2.23. The summed E-state index contributed by atoms with van der Waals surface area (Å²) in [5, 5.41) is 13.9. The molecule has 0 bridgehead atoms. The predicted octanol–water partition coefficient (Wildman–Crippen LogP) is 1.50. The van der Waals surface area contributed by atoms with Crippen molar-refractivity contribution in [2.75, 3.05) is 11.9 Å². The highest BCUT2D eigenvalue weighted by Crippen LogP contribution is 2.00. The quantitative estimate of drug-likeness (QED) is 0.785. The Bertz CT molecular complexity index is 350. The smallest absolute Gasteiger partial charge is 0.221 e. The van der Waals surface area contributed by atoms with Crippen LogP contribution in [0, 0.1) is 6.92 Å². The number of carbonyl (C=O) groups is 1. The van der Waals surface area contributed by atoms with Crippen LogP contribution in [0.2, 0.25) is 0 Å². The number of aryl methyl sites for hydroxylation is 1. The first-order valence-corrected chi connectivity index (χ1v) is 5.95. The summed E-state index contributed by atoms with van der Waals surface area (Å²) in [5.41, 5.74) is 0.880. The molecule has 1 aromatic rings. The van der Waals surface area contributed by atoms with E-state index < -0.39 is 0 Å². The van der Waals surface area contributed by atoms with Gasteiger partial charge in [0.25, 0.3) is 0 Å². The van der Waals surface area contributed by atoms with E-state index in [-0.39, 0.29) is 11.9 Å². The molecule has 0 aliphatic carbocycles. The monoisotopic (exact) mass is 236 g/mol. The van der Waals surface area contributed by atoms with Crippen LogP contribution < -0.4 is 10.6 Å². The molecule has 5 heteroatoms. The van der Waals surface area contributed by atoms with E-state index in [1.165, 1.54) is 0 Å². The Morgan fingerprint density at radius 2 is 2.18 bits per heavy atom. The van der Waals surface area contributed by atoms with Gasteiger partial charge < -0.3 is 10.6 Å². The first-order valence-electron chi connectivity index (χ1n) is 5.95. The van der Waals surface area contributed by atoms with E-state index >= 15 is 0 Å². The third-order valence-corrected chi connectivity index (χ3v) is 2.48. The summed E-state index contributed by atoms with van der Waals surface area (Å²) in [6.07, 6.45) is 1.39. The van der Waals surface area contributed by atoms with Gasteiger partial charge in [0.2, 0.25) is 5.91 Å². The van der Waals surface area contributed by atoms with E-state index in [4.69, 9.17) is 0 Å². The summed E-state index contributed by atoms with van der Waals surface area (Å²) >= 11 is 0. The lowest BCUT2D eigenvalue weighted by Crippen LogP contribution is -2.33. The van der Waals surface area contributed by atoms with E-state index in [9.17, 15) is 4.79 Å². The van der Waals surface area contributed by atoms with Crippen LogP contribution >= 0.6 is 0 Å². The zero-order valence-corrected chi connectivity index (χ0v) is 10.7. The number of nitrogens with zero attached hydrogens (tertiary/aromatic N) is 2. The molecule has 0 spiro atoms. The maximum absolute atomic E-state index is 11.5. The Hall–Kier alpha value is -1.65. The second kappa shape index (κ2) is 6.83. The maximum atomic E-state index is 11.5. The predicted molar refractivity (Wildman–Crippen MR) is 67.8 cm³/mol. The maximum Gasteiger partial charge on any atom is 0.221 e. The Morgan fingerprint density at radius 3 is 2.76 bits per heavy atom.